The second-order valence-electron chi connectivity index (χ2n) is 4.47. The van der Waals surface area contributed by atoms with Crippen LogP contribution in [0.3, 0.4) is 0 Å². The van der Waals surface area contributed by atoms with Crippen LogP contribution in [0.4, 0.5) is 5.69 Å². The number of carbonyl (C=O) groups is 2. The molecule has 1 amide bonds. The third kappa shape index (κ3) is 4.59. The van der Waals surface area contributed by atoms with E-state index in [0.29, 0.717) is 18.0 Å². The lowest BCUT2D eigenvalue weighted by molar-refractivity contribution is -0.114. The van der Waals surface area contributed by atoms with Gasteiger partial charge in [-0.1, -0.05) is 13.8 Å². The summed E-state index contributed by atoms with van der Waals surface area (Å²) < 4.78 is 5.52. The first-order chi connectivity index (χ1) is 8.93. The molecule has 6 nitrogen and oxygen atoms in total. The summed E-state index contributed by atoms with van der Waals surface area (Å²) in [6.45, 7) is 4.22. The van der Waals surface area contributed by atoms with Crippen LogP contribution in [0.2, 0.25) is 0 Å². The van der Waals surface area contributed by atoms with E-state index < -0.39 is 5.97 Å². The third-order valence-corrected chi connectivity index (χ3v) is 2.26. The number of nitrogens with two attached hydrogens (primary N) is 1. The molecule has 0 aromatic heterocycles. The average Bonchev–Trinajstić information content (AvgIpc) is 2.36. The zero-order valence-electron chi connectivity index (χ0n) is 11.0. The molecule has 1 aromatic carbocycles. The molecule has 0 saturated heterocycles. The van der Waals surface area contributed by atoms with Crippen molar-refractivity contribution >= 4 is 17.6 Å². The van der Waals surface area contributed by atoms with Crippen molar-refractivity contribution in [3.05, 3.63) is 23.8 Å². The molecule has 1 rings (SSSR count). The largest absolute Gasteiger partial charge is 0.491 e. The number of carboxylic acid groups (broad SMARTS) is 1. The second kappa shape index (κ2) is 6.75. The van der Waals surface area contributed by atoms with E-state index in [4.69, 9.17) is 15.6 Å². The lowest BCUT2D eigenvalue weighted by atomic mass is 10.2. The minimum Gasteiger partial charge on any atom is -0.491 e. The monoisotopic (exact) mass is 266 g/mol. The van der Waals surface area contributed by atoms with Gasteiger partial charge in [-0.25, -0.2) is 4.79 Å². The number of hydrogen-bond acceptors (Lipinski definition) is 4. The van der Waals surface area contributed by atoms with Gasteiger partial charge in [-0.2, -0.15) is 0 Å². The molecule has 6 heteroatoms. The van der Waals surface area contributed by atoms with Crippen molar-refractivity contribution < 1.29 is 19.4 Å². The maximum atomic E-state index is 11.3. The lowest BCUT2D eigenvalue weighted by Crippen LogP contribution is -2.22. The summed E-state index contributed by atoms with van der Waals surface area (Å²) in [6, 6.07) is 4.28. The van der Waals surface area contributed by atoms with Crippen LogP contribution >= 0.6 is 0 Å². The van der Waals surface area contributed by atoms with Gasteiger partial charge in [0.05, 0.1) is 24.4 Å². The molecular formula is C13H18N2O4. The highest BCUT2D eigenvalue weighted by molar-refractivity contribution is 5.95. The first-order valence-electron chi connectivity index (χ1n) is 5.94. The number of aromatic carboxylic acids is 1. The van der Waals surface area contributed by atoms with Gasteiger partial charge in [0.2, 0.25) is 5.91 Å². The Kier molecular flexibility index (Phi) is 5.32. The molecule has 0 aliphatic carbocycles. The predicted octanol–water partition coefficient (Wildman–Crippen LogP) is 1.32. The third-order valence-electron chi connectivity index (χ3n) is 2.26. The van der Waals surface area contributed by atoms with Gasteiger partial charge in [0, 0.05) is 0 Å². The van der Waals surface area contributed by atoms with E-state index in [9.17, 15) is 9.59 Å². The number of rotatable bonds is 6. The van der Waals surface area contributed by atoms with E-state index in [1.807, 2.05) is 13.8 Å². The first kappa shape index (κ1) is 15.0. The summed E-state index contributed by atoms with van der Waals surface area (Å²) in [5, 5.41) is 11.5. The molecule has 104 valence electrons. The van der Waals surface area contributed by atoms with Gasteiger partial charge in [0.1, 0.15) is 5.75 Å². The molecule has 0 atom stereocenters. The van der Waals surface area contributed by atoms with Crippen molar-refractivity contribution in [1.82, 2.24) is 0 Å². The van der Waals surface area contributed by atoms with Crippen molar-refractivity contribution in [2.45, 2.75) is 13.8 Å². The number of amides is 1. The number of carboxylic acids is 1. The van der Waals surface area contributed by atoms with Crippen LogP contribution in [0.25, 0.3) is 0 Å². The Labute approximate surface area is 111 Å². The maximum absolute atomic E-state index is 11.3. The molecule has 0 saturated carbocycles. The van der Waals surface area contributed by atoms with Crippen molar-refractivity contribution in [3.8, 4) is 5.75 Å². The molecule has 0 aliphatic rings. The van der Waals surface area contributed by atoms with Crippen LogP contribution in [-0.4, -0.2) is 30.1 Å². The zero-order chi connectivity index (χ0) is 14.4. The quantitative estimate of drug-likeness (QED) is 0.720. The second-order valence-corrected chi connectivity index (χ2v) is 4.47. The number of hydrogen-bond donors (Lipinski definition) is 3. The Balaban J connectivity index is 3.00. The molecule has 0 radical (unpaired) electrons. The van der Waals surface area contributed by atoms with E-state index >= 15 is 0 Å². The van der Waals surface area contributed by atoms with E-state index in [-0.39, 0.29) is 23.9 Å². The predicted molar refractivity (Wildman–Crippen MR) is 71.4 cm³/mol. The summed E-state index contributed by atoms with van der Waals surface area (Å²) in [7, 11) is 0. The zero-order valence-corrected chi connectivity index (χ0v) is 11.0. The summed E-state index contributed by atoms with van der Waals surface area (Å²) in [6.07, 6.45) is 0. The number of benzene rings is 1. The van der Waals surface area contributed by atoms with Crippen molar-refractivity contribution in [3.63, 3.8) is 0 Å². The fourth-order valence-corrected chi connectivity index (χ4v) is 1.34. The highest BCUT2D eigenvalue weighted by Gasteiger charge is 2.12. The number of nitrogens with one attached hydrogen (secondary N) is 1. The molecule has 4 N–H and O–H groups in total. The average molecular weight is 266 g/mol. The van der Waals surface area contributed by atoms with Gasteiger partial charge in [0.25, 0.3) is 0 Å². The summed E-state index contributed by atoms with van der Waals surface area (Å²) in [5.41, 5.74) is 5.74. The van der Waals surface area contributed by atoms with Crippen molar-refractivity contribution in [2.75, 3.05) is 18.5 Å². The Morgan fingerprint density at radius 3 is 2.63 bits per heavy atom. The fraction of sp³-hybridized carbons (Fsp3) is 0.385. The number of anilines is 1. The Morgan fingerprint density at radius 2 is 2.11 bits per heavy atom. The highest BCUT2D eigenvalue weighted by atomic mass is 16.5. The van der Waals surface area contributed by atoms with E-state index in [2.05, 4.69) is 5.32 Å². The van der Waals surface area contributed by atoms with Gasteiger partial charge in [-0.3, -0.25) is 4.79 Å². The maximum Gasteiger partial charge on any atom is 0.335 e. The summed E-state index contributed by atoms with van der Waals surface area (Å²) in [5.74, 6) is -0.800. The molecule has 0 fully saturated rings. The molecule has 0 heterocycles. The summed E-state index contributed by atoms with van der Waals surface area (Å²) >= 11 is 0. The first-order valence-corrected chi connectivity index (χ1v) is 5.94. The normalized spacial score (nSPS) is 10.3. The number of carbonyl (C=O) groups excluding carboxylic acids is 1. The van der Waals surface area contributed by atoms with Gasteiger partial charge >= 0.3 is 5.97 Å². The SMILES string of the molecule is CC(C)COc1cc(C(=O)O)ccc1NC(=O)CN. The van der Waals surface area contributed by atoms with Crippen LogP contribution in [0.15, 0.2) is 18.2 Å². The molecule has 0 unspecified atom stereocenters. The molecule has 1 aromatic rings. The lowest BCUT2D eigenvalue weighted by Gasteiger charge is -2.14. The van der Waals surface area contributed by atoms with E-state index in [1.165, 1.54) is 18.2 Å². The minimum absolute atomic E-state index is 0.101. The molecule has 0 spiro atoms. The van der Waals surface area contributed by atoms with Crippen LogP contribution in [0.1, 0.15) is 24.2 Å². The number of ether oxygens (including phenoxy) is 1. The molecular weight excluding hydrogens is 248 g/mol. The van der Waals surface area contributed by atoms with Gasteiger partial charge < -0.3 is 20.9 Å². The molecule has 0 aliphatic heterocycles. The molecule has 19 heavy (non-hydrogen) atoms. The van der Waals surface area contributed by atoms with Crippen molar-refractivity contribution in [1.29, 1.82) is 0 Å². The van der Waals surface area contributed by atoms with Gasteiger partial charge in [-0.05, 0) is 24.1 Å². The van der Waals surface area contributed by atoms with Gasteiger partial charge in [-0.15, -0.1) is 0 Å². The molecule has 0 bridgehead atoms. The van der Waals surface area contributed by atoms with Crippen LogP contribution in [-0.2, 0) is 4.79 Å². The minimum atomic E-state index is -1.05. The van der Waals surface area contributed by atoms with Crippen molar-refractivity contribution in [2.24, 2.45) is 11.7 Å². The topological polar surface area (TPSA) is 102 Å². The van der Waals surface area contributed by atoms with Crippen LogP contribution in [0, 0.1) is 5.92 Å². The standard InChI is InChI=1S/C13H18N2O4/c1-8(2)7-19-11-5-9(13(17)18)3-4-10(11)15-12(16)6-14/h3-5,8H,6-7,14H2,1-2H3,(H,15,16)(H,17,18). The summed E-state index contributed by atoms with van der Waals surface area (Å²) in [4.78, 5) is 22.2. The Hall–Kier alpha value is -2.08. The van der Waals surface area contributed by atoms with E-state index in [0.717, 1.165) is 0 Å². The van der Waals surface area contributed by atoms with Crippen LogP contribution in [0.5, 0.6) is 5.75 Å². The highest BCUT2D eigenvalue weighted by Crippen LogP contribution is 2.26. The van der Waals surface area contributed by atoms with Crippen LogP contribution < -0.4 is 15.8 Å². The van der Waals surface area contributed by atoms with E-state index in [1.54, 1.807) is 0 Å². The Morgan fingerprint density at radius 1 is 1.42 bits per heavy atom. The van der Waals surface area contributed by atoms with Gasteiger partial charge in [0.15, 0.2) is 0 Å². The Bertz CT molecular complexity index is 472. The smallest absolute Gasteiger partial charge is 0.335 e. The fourth-order valence-electron chi connectivity index (χ4n) is 1.34.